The van der Waals surface area contributed by atoms with E-state index in [2.05, 4.69) is 19.2 Å². The van der Waals surface area contributed by atoms with Crippen LogP contribution in [0.2, 0.25) is 0 Å². The van der Waals surface area contributed by atoms with Crippen LogP contribution in [-0.2, 0) is 0 Å². The van der Waals surface area contributed by atoms with Crippen molar-refractivity contribution in [1.82, 2.24) is 0 Å². The lowest BCUT2D eigenvalue weighted by molar-refractivity contribution is 0.0698. The van der Waals surface area contributed by atoms with Crippen molar-refractivity contribution in [3.05, 3.63) is 23.8 Å². The molecule has 1 aromatic carbocycles. The molecule has 0 heterocycles. The van der Waals surface area contributed by atoms with Crippen molar-refractivity contribution in [2.45, 2.75) is 46.0 Å². The van der Waals surface area contributed by atoms with Crippen molar-refractivity contribution in [2.75, 3.05) is 17.6 Å². The number of hydrogen-bond acceptors (Lipinski definition) is 3. The fourth-order valence-electron chi connectivity index (χ4n) is 3.67. The summed E-state index contributed by atoms with van der Waals surface area (Å²) in [7, 11) is 0. The average Bonchev–Trinajstić information content (AvgIpc) is 2.85. The van der Waals surface area contributed by atoms with Gasteiger partial charge in [-0.15, -0.1) is 0 Å². The zero-order valence-corrected chi connectivity index (χ0v) is 13.0. The molecule has 0 atom stereocenters. The smallest absolute Gasteiger partial charge is 0.337 e. The molecule has 2 rings (SSSR count). The maximum Gasteiger partial charge on any atom is 0.337 e. The van der Waals surface area contributed by atoms with Gasteiger partial charge in [0.1, 0.15) is 0 Å². The number of carboxylic acids is 1. The van der Waals surface area contributed by atoms with Crippen molar-refractivity contribution in [3.8, 4) is 0 Å². The Kier molecular flexibility index (Phi) is 4.76. The fourth-order valence-corrected chi connectivity index (χ4v) is 3.67. The number of benzene rings is 1. The minimum atomic E-state index is -0.936. The number of nitrogens with one attached hydrogen (secondary N) is 1. The Labute approximate surface area is 126 Å². The van der Waals surface area contributed by atoms with E-state index in [0.29, 0.717) is 17.3 Å². The van der Waals surface area contributed by atoms with Gasteiger partial charge in [0.2, 0.25) is 0 Å². The van der Waals surface area contributed by atoms with Crippen LogP contribution in [0.4, 0.5) is 11.4 Å². The molecule has 1 fully saturated rings. The molecule has 0 aliphatic heterocycles. The molecule has 116 valence electrons. The molecule has 0 spiro atoms. The molecule has 0 amide bonds. The van der Waals surface area contributed by atoms with E-state index < -0.39 is 5.97 Å². The van der Waals surface area contributed by atoms with Gasteiger partial charge in [-0.1, -0.05) is 32.8 Å². The van der Waals surface area contributed by atoms with Gasteiger partial charge < -0.3 is 16.2 Å². The lowest BCUT2D eigenvalue weighted by Crippen LogP contribution is -2.29. The van der Waals surface area contributed by atoms with Gasteiger partial charge in [-0.3, -0.25) is 0 Å². The third-order valence-corrected chi connectivity index (χ3v) is 4.47. The van der Waals surface area contributed by atoms with Crippen molar-refractivity contribution >= 4 is 17.3 Å². The number of anilines is 2. The second kappa shape index (κ2) is 6.37. The fraction of sp³-hybridized carbons (Fsp3) is 0.588. The van der Waals surface area contributed by atoms with Crippen LogP contribution < -0.4 is 11.1 Å². The molecule has 0 saturated heterocycles. The lowest BCUT2D eigenvalue weighted by Gasteiger charge is -2.32. The van der Waals surface area contributed by atoms with Crippen LogP contribution in [0.3, 0.4) is 0 Å². The Morgan fingerprint density at radius 3 is 2.62 bits per heavy atom. The predicted molar refractivity (Wildman–Crippen MR) is 86.7 cm³/mol. The van der Waals surface area contributed by atoms with E-state index in [1.165, 1.54) is 32.1 Å². The number of nitrogens with two attached hydrogens (primary N) is 1. The molecule has 0 unspecified atom stereocenters. The van der Waals surface area contributed by atoms with Crippen molar-refractivity contribution in [3.63, 3.8) is 0 Å². The van der Waals surface area contributed by atoms with Crippen molar-refractivity contribution in [1.29, 1.82) is 0 Å². The number of rotatable bonds is 6. The van der Waals surface area contributed by atoms with Crippen LogP contribution >= 0.6 is 0 Å². The highest BCUT2D eigenvalue weighted by atomic mass is 16.4. The molecule has 0 aromatic heterocycles. The highest BCUT2D eigenvalue weighted by molar-refractivity contribution is 5.97. The second-order valence-electron chi connectivity index (χ2n) is 6.73. The van der Waals surface area contributed by atoms with Gasteiger partial charge in [-0.25, -0.2) is 4.79 Å². The summed E-state index contributed by atoms with van der Waals surface area (Å²) in [6.45, 7) is 5.30. The molecule has 4 N–H and O–H groups in total. The van der Waals surface area contributed by atoms with Gasteiger partial charge in [-0.2, -0.15) is 0 Å². The highest BCUT2D eigenvalue weighted by Gasteiger charge is 2.34. The summed E-state index contributed by atoms with van der Waals surface area (Å²) >= 11 is 0. The zero-order valence-electron chi connectivity index (χ0n) is 13.0. The summed E-state index contributed by atoms with van der Waals surface area (Å²) in [4.78, 5) is 11.3. The summed E-state index contributed by atoms with van der Waals surface area (Å²) in [5.74, 6) is -0.286. The SMILES string of the molecule is CC(C)CC1(CNc2c(N)cccc2C(=O)O)CCCC1. The van der Waals surface area contributed by atoms with Crippen LogP contribution in [0.25, 0.3) is 0 Å². The van der Waals surface area contributed by atoms with Gasteiger partial charge in [-0.05, 0) is 42.7 Å². The van der Waals surface area contributed by atoms with E-state index in [1.54, 1.807) is 18.2 Å². The third kappa shape index (κ3) is 3.69. The zero-order chi connectivity index (χ0) is 15.5. The van der Waals surface area contributed by atoms with E-state index >= 15 is 0 Å². The summed E-state index contributed by atoms with van der Waals surface area (Å²) in [6, 6.07) is 5.03. The monoisotopic (exact) mass is 290 g/mol. The standard InChI is InChI=1S/C17H26N2O2/c1-12(2)10-17(8-3-4-9-17)11-19-15-13(16(20)21)6-5-7-14(15)18/h5-7,12,19H,3-4,8-11,18H2,1-2H3,(H,20,21). The Morgan fingerprint density at radius 2 is 2.05 bits per heavy atom. The first-order valence-electron chi connectivity index (χ1n) is 7.79. The van der Waals surface area contributed by atoms with E-state index in [0.717, 1.165) is 6.54 Å². The van der Waals surface area contributed by atoms with Crippen LogP contribution in [0.5, 0.6) is 0 Å². The molecule has 0 bridgehead atoms. The molecule has 4 heteroatoms. The largest absolute Gasteiger partial charge is 0.478 e. The number of aromatic carboxylic acids is 1. The number of hydrogen-bond donors (Lipinski definition) is 3. The van der Waals surface area contributed by atoms with Crippen molar-refractivity contribution < 1.29 is 9.90 Å². The maximum absolute atomic E-state index is 11.3. The summed E-state index contributed by atoms with van der Waals surface area (Å²) < 4.78 is 0. The minimum Gasteiger partial charge on any atom is -0.478 e. The van der Waals surface area contributed by atoms with E-state index in [9.17, 15) is 9.90 Å². The summed E-state index contributed by atoms with van der Waals surface area (Å²) in [6.07, 6.45) is 6.14. The van der Waals surface area contributed by atoms with Gasteiger partial charge in [0.25, 0.3) is 0 Å². The molecule has 1 aliphatic rings. The molecule has 0 radical (unpaired) electrons. The quantitative estimate of drug-likeness (QED) is 0.693. The Morgan fingerprint density at radius 1 is 1.38 bits per heavy atom. The number of para-hydroxylation sites is 1. The maximum atomic E-state index is 11.3. The average molecular weight is 290 g/mol. The van der Waals surface area contributed by atoms with Crippen LogP contribution in [0, 0.1) is 11.3 Å². The molecule has 21 heavy (non-hydrogen) atoms. The topological polar surface area (TPSA) is 75.3 Å². The highest BCUT2D eigenvalue weighted by Crippen LogP contribution is 2.43. The predicted octanol–water partition coefficient (Wildman–Crippen LogP) is 3.99. The number of carbonyl (C=O) groups is 1. The Bertz CT molecular complexity index is 506. The first-order chi connectivity index (χ1) is 9.93. The molecule has 1 aromatic rings. The van der Waals surface area contributed by atoms with Crippen LogP contribution in [-0.4, -0.2) is 17.6 Å². The van der Waals surface area contributed by atoms with E-state index in [-0.39, 0.29) is 11.0 Å². The molecular weight excluding hydrogens is 264 g/mol. The Hall–Kier alpha value is -1.71. The lowest BCUT2D eigenvalue weighted by atomic mass is 9.78. The summed E-state index contributed by atoms with van der Waals surface area (Å²) in [5, 5.41) is 12.6. The number of nitrogen functional groups attached to an aromatic ring is 1. The molecular formula is C17H26N2O2. The third-order valence-electron chi connectivity index (χ3n) is 4.47. The van der Waals surface area contributed by atoms with Crippen LogP contribution in [0.15, 0.2) is 18.2 Å². The first kappa shape index (κ1) is 15.7. The first-order valence-corrected chi connectivity index (χ1v) is 7.79. The van der Waals surface area contributed by atoms with Gasteiger partial charge in [0, 0.05) is 6.54 Å². The van der Waals surface area contributed by atoms with E-state index in [4.69, 9.17) is 5.73 Å². The number of carboxylic acid groups (broad SMARTS) is 1. The van der Waals surface area contributed by atoms with Crippen molar-refractivity contribution in [2.24, 2.45) is 11.3 Å². The van der Waals surface area contributed by atoms with Crippen LogP contribution in [0.1, 0.15) is 56.3 Å². The van der Waals surface area contributed by atoms with Gasteiger partial charge in [0.15, 0.2) is 0 Å². The minimum absolute atomic E-state index is 0.257. The van der Waals surface area contributed by atoms with Gasteiger partial charge in [0.05, 0.1) is 16.9 Å². The Balaban J connectivity index is 2.16. The van der Waals surface area contributed by atoms with E-state index in [1.807, 2.05) is 0 Å². The molecule has 1 saturated carbocycles. The molecule has 4 nitrogen and oxygen atoms in total. The second-order valence-corrected chi connectivity index (χ2v) is 6.73. The van der Waals surface area contributed by atoms with Gasteiger partial charge >= 0.3 is 5.97 Å². The molecule has 1 aliphatic carbocycles. The summed E-state index contributed by atoms with van der Waals surface area (Å²) in [5.41, 5.74) is 7.58. The normalized spacial score (nSPS) is 17.1.